The first-order chi connectivity index (χ1) is 18.3. The number of carbonyl (C=O) groups excluding carboxylic acids is 1. The number of carbonyl (C=O) groups is 1. The standard InChI is InChI=1S/C27H36N6O5/c1-6-36-27(35)33-11-10-20(14-33)29-25-16(2)24(23-17(3)32-38-18(23)4)30-26(31-25)19-8-7-9-22(12-19)37-15-21(34)13-28-5/h7-9,12,20-21,28,34H,6,10-11,13-15H2,1-5H3,(H,29,30,31). The van der Waals surface area contributed by atoms with E-state index in [1.165, 1.54) is 0 Å². The highest BCUT2D eigenvalue weighted by Crippen LogP contribution is 2.34. The average molecular weight is 525 g/mol. The fraction of sp³-hybridized carbons (Fsp3) is 0.481. The van der Waals surface area contributed by atoms with Gasteiger partial charge in [-0.2, -0.15) is 0 Å². The minimum Gasteiger partial charge on any atom is -0.491 e. The van der Waals surface area contributed by atoms with Crippen molar-refractivity contribution in [2.24, 2.45) is 0 Å². The van der Waals surface area contributed by atoms with Crippen LogP contribution >= 0.6 is 0 Å². The molecule has 3 aromatic rings. The van der Waals surface area contributed by atoms with E-state index in [2.05, 4.69) is 15.8 Å². The van der Waals surface area contributed by atoms with Crippen molar-refractivity contribution < 1.29 is 23.9 Å². The largest absolute Gasteiger partial charge is 0.491 e. The maximum atomic E-state index is 12.2. The van der Waals surface area contributed by atoms with Crippen molar-refractivity contribution in [2.45, 2.75) is 46.3 Å². The van der Waals surface area contributed by atoms with Crippen LogP contribution in [0.5, 0.6) is 5.75 Å². The molecule has 2 atom stereocenters. The summed E-state index contributed by atoms with van der Waals surface area (Å²) in [6.45, 7) is 9.60. The molecule has 38 heavy (non-hydrogen) atoms. The molecule has 204 valence electrons. The highest BCUT2D eigenvalue weighted by Gasteiger charge is 2.29. The fourth-order valence-corrected chi connectivity index (χ4v) is 4.51. The summed E-state index contributed by atoms with van der Waals surface area (Å²) >= 11 is 0. The molecule has 3 N–H and O–H groups in total. The highest BCUT2D eigenvalue weighted by molar-refractivity contribution is 5.75. The van der Waals surface area contributed by atoms with Gasteiger partial charge in [-0.1, -0.05) is 17.3 Å². The molecule has 11 heteroatoms. The number of aliphatic hydroxyl groups excluding tert-OH is 1. The van der Waals surface area contributed by atoms with Crippen LogP contribution in [-0.4, -0.2) is 83.3 Å². The normalized spacial score (nSPS) is 15.9. The van der Waals surface area contributed by atoms with Crippen molar-refractivity contribution in [3.05, 3.63) is 41.3 Å². The molecule has 0 saturated carbocycles. The van der Waals surface area contributed by atoms with E-state index in [9.17, 15) is 9.90 Å². The number of hydrogen-bond donors (Lipinski definition) is 3. The molecule has 0 radical (unpaired) electrons. The summed E-state index contributed by atoms with van der Waals surface area (Å²) in [4.78, 5) is 23.7. The topological polar surface area (TPSA) is 135 Å². The predicted molar refractivity (Wildman–Crippen MR) is 143 cm³/mol. The van der Waals surface area contributed by atoms with E-state index in [4.69, 9.17) is 24.0 Å². The molecule has 1 fully saturated rings. The number of rotatable bonds is 10. The third kappa shape index (κ3) is 6.22. The van der Waals surface area contributed by atoms with Crippen LogP contribution in [0.25, 0.3) is 22.6 Å². The second kappa shape index (κ2) is 12.2. The van der Waals surface area contributed by atoms with E-state index in [0.29, 0.717) is 49.4 Å². The summed E-state index contributed by atoms with van der Waals surface area (Å²) in [5, 5.41) is 20.6. The fourth-order valence-electron chi connectivity index (χ4n) is 4.51. The molecule has 2 aromatic heterocycles. The number of benzene rings is 1. The number of hydrogen-bond acceptors (Lipinski definition) is 10. The van der Waals surface area contributed by atoms with Gasteiger partial charge in [-0.25, -0.2) is 14.8 Å². The summed E-state index contributed by atoms with van der Waals surface area (Å²) in [5.41, 5.74) is 3.92. The van der Waals surface area contributed by atoms with Crippen LogP contribution in [0.15, 0.2) is 28.8 Å². The van der Waals surface area contributed by atoms with Gasteiger partial charge in [-0.3, -0.25) is 0 Å². The number of nitrogens with one attached hydrogen (secondary N) is 2. The van der Waals surface area contributed by atoms with Gasteiger partial charge in [0.05, 0.1) is 23.6 Å². The Morgan fingerprint density at radius 1 is 1.29 bits per heavy atom. The second-order valence-electron chi connectivity index (χ2n) is 9.39. The SMILES string of the molecule is CCOC(=O)N1CCC(Nc2nc(-c3cccc(OCC(O)CNC)c3)nc(-c3c(C)noc3C)c2C)C1. The molecule has 0 spiro atoms. The van der Waals surface area contributed by atoms with Gasteiger partial charge < -0.3 is 34.6 Å². The Kier molecular flexibility index (Phi) is 8.80. The number of likely N-dealkylation sites (N-methyl/N-ethyl adjacent to an activating group) is 1. The summed E-state index contributed by atoms with van der Waals surface area (Å²) in [6.07, 6.45) is -0.150. The van der Waals surface area contributed by atoms with Crippen molar-refractivity contribution in [3.63, 3.8) is 0 Å². The Morgan fingerprint density at radius 2 is 2.11 bits per heavy atom. The minimum absolute atomic E-state index is 0.0155. The molecule has 0 aliphatic carbocycles. The Morgan fingerprint density at radius 3 is 2.82 bits per heavy atom. The van der Waals surface area contributed by atoms with Crippen molar-refractivity contribution in [2.75, 3.05) is 45.2 Å². The Labute approximate surface area is 222 Å². The van der Waals surface area contributed by atoms with Crippen molar-refractivity contribution >= 4 is 11.9 Å². The van der Waals surface area contributed by atoms with Gasteiger partial charge in [-0.15, -0.1) is 0 Å². The van der Waals surface area contributed by atoms with E-state index in [1.807, 2.05) is 45.0 Å². The van der Waals surface area contributed by atoms with Crippen molar-refractivity contribution in [1.82, 2.24) is 25.3 Å². The molecule has 1 aromatic carbocycles. The first kappa shape index (κ1) is 27.3. The first-order valence-corrected chi connectivity index (χ1v) is 12.9. The van der Waals surface area contributed by atoms with E-state index in [0.717, 1.165) is 34.5 Å². The lowest BCUT2D eigenvalue weighted by molar-refractivity contribution is 0.108. The third-order valence-electron chi connectivity index (χ3n) is 6.45. The van der Waals surface area contributed by atoms with Crippen LogP contribution in [0.4, 0.5) is 10.6 Å². The summed E-state index contributed by atoms with van der Waals surface area (Å²) in [6, 6.07) is 7.49. The number of aromatic nitrogens is 3. The average Bonchev–Trinajstić information content (AvgIpc) is 3.50. The number of amides is 1. The molecule has 1 amide bonds. The Hall–Kier alpha value is -3.70. The van der Waals surface area contributed by atoms with E-state index in [-0.39, 0.29) is 18.7 Å². The molecule has 0 bridgehead atoms. The summed E-state index contributed by atoms with van der Waals surface area (Å²) in [7, 11) is 1.78. The molecular weight excluding hydrogens is 488 g/mol. The Balaban J connectivity index is 1.67. The molecular formula is C27H36N6O5. The zero-order valence-electron chi connectivity index (χ0n) is 22.6. The first-order valence-electron chi connectivity index (χ1n) is 12.9. The van der Waals surface area contributed by atoms with Gasteiger partial charge in [0.2, 0.25) is 0 Å². The quantitative estimate of drug-likeness (QED) is 0.362. The molecule has 2 unspecified atom stereocenters. The van der Waals surface area contributed by atoms with Crippen LogP contribution in [-0.2, 0) is 4.74 Å². The third-order valence-corrected chi connectivity index (χ3v) is 6.45. The molecule has 4 rings (SSSR count). The number of nitrogens with zero attached hydrogens (tertiary/aromatic N) is 4. The smallest absolute Gasteiger partial charge is 0.409 e. The number of ether oxygens (including phenoxy) is 2. The predicted octanol–water partition coefficient (Wildman–Crippen LogP) is 3.33. The van der Waals surface area contributed by atoms with Gasteiger partial charge >= 0.3 is 6.09 Å². The number of aryl methyl sites for hydroxylation is 2. The van der Waals surface area contributed by atoms with Gasteiger partial charge in [0.1, 0.15) is 30.0 Å². The monoisotopic (exact) mass is 524 g/mol. The number of anilines is 1. The van der Waals surface area contributed by atoms with Crippen molar-refractivity contribution in [1.29, 1.82) is 0 Å². The van der Waals surface area contributed by atoms with Gasteiger partial charge in [0.25, 0.3) is 0 Å². The zero-order chi connectivity index (χ0) is 27.2. The van der Waals surface area contributed by atoms with E-state index >= 15 is 0 Å². The Bertz CT molecular complexity index is 1240. The number of likely N-dealkylation sites (tertiary alicyclic amines) is 1. The van der Waals surface area contributed by atoms with E-state index in [1.54, 1.807) is 18.9 Å². The van der Waals surface area contributed by atoms with Gasteiger partial charge in [0, 0.05) is 36.8 Å². The van der Waals surface area contributed by atoms with Crippen LogP contribution < -0.4 is 15.4 Å². The molecule has 11 nitrogen and oxygen atoms in total. The molecule has 3 heterocycles. The van der Waals surface area contributed by atoms with Crippen LogP contribution in [0, 0.1) is 20.8 Å². The molecule has 1 saturated heterocycles. The maximum Gasteiger partial charge on any atom is 0.409 e. The minimum atomic E-state index is -0.623. The number of aliphatic hydroxyl groups is 1. The van der Waals surface area contributed by atoms with Crippen LogP contribution in [0.2, 0.25) is 0 Å². The van der Waals surface area contributed by atoms with Crippen molar-refractivity contribution in [3.8, 4) is 28.4 Å². The molecule has 1 aliphatic rings. The lowest BCUT2D eigenvalue weighted by Crippen LogP contribution is -2.32. The zero-order valence-corrected chi connectivity index (χ0v) is 22.6. The lowest BCUT2D eigenvalue weighted by atomic mass is 10.0. The van der Waals surface area contributed by atoms with Crippen LogP contribution in [0.3, 0.4) is 0 Å². The van der Waals surface area contributed by atoms with Gasteiger partial charge in [0.15, 0.2) is 5.82 Å². The second-order valence-corrected chi connectivity index (χ2v) is 9.39. The maximum absolute atomic E-state index is 12.2. The lowest BCUT2D eigenvalue weighted by Gasteiger charge is -2.19. The summed E-state index contributed by atoms with van der Waals surface area (Å²) < 4.78 is 16.4. The summed E-state index contributed by atoms with van der Waals surface area (Å²) in [5.74, 6) is 2.47. The molecule has 1 aliphatic heterocycles. The van der Waals surface area contributed by atoms with E-state index < -0.39 is 6.10 Å². The van der Waals surface area contributed by atoms with Crippen LogP contribution in [0.1, 0.15) is 30.4 Å². The highest BCUT2D eigenvalue weighted by atomic mass is 16.6. The van der Waals surface area contributed by atoms with Gasteiger partial charge in [-0.05, 0) is 53.3 Å².